The fourth-order valence-corrected chi connectivity index (χ4v) is 0. The van der Waals surface area contributed by atoms with Crippen molar-refractivity contribution >= 4 is 0 Å². The van der Waals surface area contributed by atoms with Crippen molar-refractivity contribution in [3.63, 3.8) is 0 Å². The van der Waals surface area contributed by atoms with Gasteiger partial charge in [0.15, 0.2) is 0 Å². The van der Waals surface area contributed by atoms with E-state index < -0.39 is 5.09 Å². The summed E-state index contributed by atoms with van der Waals surface area (Å²) in [5, 5.41) is 14.8. The first-order valence-corrected chi connectivity index (χ1v) is 0.730. The van der Waals surface area contributed by atoms with Crippen LogP contribution in [0.25, 0.3) is 0 Å². The van der Waals surface area contributed by atoms with E-state index >= 15 is 0 Å². The van der Waals surface area contributed by atoms with Gasteiger partial charge in [-0.05, 0) is 0 Å². The fourth-order valence-electron chi connectivity index (χ4n) is 0. The molecule has 0 fully saturated rings. The Hall–Kier alpha value is -0.507. The summed E-state index contributed by atoms with van der Waals surface area (Å²) in [7, 11) is 0. The van der Waals surface area contributed by atoms with Crippen molar-refractivity contribution in [1.29, 1.82) is 5.46 Å². The van der Waals surface area contributed by atoms with E-state index in [0.29, 0.717) is 0 Å². The molecule has 0 rings (SSSR count). The first-order chi connectivity index (χ1) is 2.73. The third-order valence-electron chi connectivity index (χ3n) is 0. The monoisotopic (exact) mass is 194 g/mol. The molecule has 0 heterocycles. The maximum absolute atomic E-state index is 8.25. The van der Waals surface area contributed by atoms with E-state index in [2.05, 4.69) is 0 Å². The molecule has 0 aromatic heterocycles. The van der Waals surface area contributed by atoms with Crippen LogP contribution in [0.5, 0.6) is 0 Å². The van der Waals surface area contributed by atoms with E-state index in [9.17, 15) is 0 Å². The molecular formula is N2O4Ru+3. The predicted octanol–water partition coefficient (Wildman–Crippen LogP) is -0.345. The van der Waals surface area contributed by atoms with E-state index in [0.717, 1.165) is 0 Å². The second-order valence-electron chi connectivity index (χ2n) is 0.224. The fraction of sp³-hybridized carbons (Fsp3) is 0. The van der Waals surface area contributed by atoms with Gasteiger partial charge in [0.2, 0.25) is 0 Å². The Morgan fingerprint density at radius 1 is 1.43 bits per heavy atom. The van der Waals surface area contributed by atoms with Gasteiger partial charge in [-0.3, -0.25) is 0 Å². The van der Waals surface area contributed by atoms with Crippen molar-refractivity contribution in [1.82, 2.24) is 0 Å². The first kappa shape index (κ1) is 16.1. The summed E-state index contributed by atoms with van der Waals surface area (Å²) in [4.78, 5) is 8.25. The summed E-state index contributed by atoms with van der Waals surface area (Å²) in [5.74, 6) is 0. The zero-order valence-electron chi connectivity index (χ0n) is 2.88. The summed E-state index contributed by atoms with van der Waals surface area (Å²) in [6.45, 7) is 0. The first-order valence-electron chi connectivity index (χ1n) is 0.730. The summed E-state index contributed by atoms with van der Waals surface area (Å²) in [6, 6.07) is 0. The van der Waals surface area contributed by atoms with Gasteiger partial charge in [0.25, 0.3) is 0 Å². The molecule has 0 saturated carbocycles. The van der Waals surface area contributed by atoms with Gasteiger partial charge < -0.3 is 15.3 Å². The zero-order chi connectivity index (χ0) is 5.58. The summed E-state index contributed by atoms with van der Waals surface area (Å²) in [5.41, 5.74) is 5.75. The van der Waals surface area contributed by atoms with Crippen LogP contribution in [0.2, 0.25) is 0 Å². The predicted molar refractivity (Wildman–Crippen MR) is 12.8 cm³/mol. The molecule has 7 heavy (non-hydrogen) atoms. The van der Waals surface area contributed by atoms with Crippen LogP contribution in [0.15, 0.2) is 0 Å². The molecule has 0 bridgehead atoms. The average Bonchev–Trinajstić information content (AvgIpc) is 1.41. The molecule has 0 amide bonds. The maximum atomic E-state index is 8.25. The van der Waals surface area contributed by atoms with E-state index in [1.54, 1.807) is 0 Å². The van der Waals surface area contributed by atoms with Gasteiger partial charge in [0.05, 0.1) is 5.09 Å². The van der Waals surface area contributed by atoms with Crippen LogP contribution in [-0.2, 0) is 24.3 Å². The van der Waals surface area contributed by atoms with Gasteiger partial charge in [-0.25, -0.2) is 0 Å². The third kappa shape index (κ3) is 261. The molecule has 6 nitrogen and oxygen atoms in total. The Bertz CT molecular complexity index is 54.0. The van der Waals surface area contributed by atoms with Gasteiger partial charge in [-0.1, -0.05) is 0 Å². The molecule has 0 spiro atoms. The Morgan fingerprint density at radius 3 is 1.43 bits per heavy atom. The van der Waals surface area contributed by atoms with E-state index in [1.165, 1.54) is 0 Å². The molecule has 0 saturated heterocycles. The van der Waals surface area contributed by atoms with Crippen molar-refractivity contribution < 1.29 is 29.3 Å². The van der Waals surface area contributed by atoms with Crippen LogP contribution in [0.4, 0.5) is 0 Å². The molecule has 0 aliphatic heterocycles. The van der Waals surface area contributed by atoms with Crippen LogP contribution in [0.1, 0.15) is 0 Å². The second-order valence-corrected chi connectivity index (χ2v) is 0.224. The van der Waals surface area contributed by atoms with Crippen molar-refractivity contribution in [3.8, 4) is 0 Å². The van der Waals surface area contributed by atoms with Crippen LogP contribution >= 0.6 is 0 Å². The SMILES string of the molecule is N#[O+].O=[N+]([O-])[O-].[Ru+3]. The average molecular weight is 193 g/mol. The molecule has 0 N–H and O–H groups in total. The molecule has 1 radical (unpaired) electrons. The zero-order valence-corrected chi connectivity index (χ0v) is 4.62. The Kier molecular flexibility index (Phi) is 40.9. The van der Waals surface area contributed by atoms with Crippen LogP contribution in [-0.4, -0.2) is 5.09 Å². The van der Waals surface area contributed by atoms with Crippen LogP contribution in [0.3, 0.4) is 0 Å². The van der Waals surface area contributed by atoms with Crippen molar-refractivity contribution in [3.05, 3.63) is 15.3 Å². The van der Waals surface area contributed by atoms with Crippen molar-refractivity contribution in [2.75, 3.05) is 0 Å². The Balaban J connectivity index is -0.0000000480. The van der Waals surface area contributed by atoms with Crippen LogP contribution in [0, 0.1) is 20.8 Å². The molecule has 7 heteroatoms. The minimum absolute atomic E-state index is 0. The normalized spacial score (nSPS) is 3.71. The molecule has 0 unspecified atom stereocenters. The van der Waals surface area contributed by atoms with Gasteiger partial charge in [-0.15, -0.1) is 0 Å². The topological polar surface area (TPSA) is 110 Å². The molecule has 0 aliphatic carbocycles. The van der Waals surface area contributed by atoms with Gasteiger partial charge in [0.1, 0.15) is 0 Å². The van der Waals surface area contributed by atoms with Gasteiger partial charge >= 0.3 is 29.7 Å². The Labute approximate surface area is 50.9 Å². The Morgan fingerprint density at radius 2 is 1.43 bits per heavy atom. The number of hydrogen-bond acceptors (Lipinski definition) is 4. The van der Waals surface area contributed by atoms with Crippen molar-refractivity contribution in [2.45, 2.75) is 0 Å². The van der Waals surface area contributed by atoms with Gasteiger partial charge in [-0.2, -0.15) is 0 Å². The largest absolute Gasteiger partial charge is 3.00 e. The number of hydrogen-bond donors (Lipinski definition) is 0. The molecule has 0 atom stereocenters. The number of rotatable bonds is 0. The standard InChI is InChI=1S/NO3.NO.Ru/c2-1(3)4;1-2;/q-1;+1;+3. The van der Waals surface area contributed by atoms with Gasteiger partial charge in [0, 0.05) is 0 Å². The molecule has 39 valence electrons. The smallest absolute Gasteiger partial charge is 0.356 e. The minimum atomic E-state index is -1.75. The number of nitrogens with zero attached hydrogens (tertiary/aromatic N) is 2. The maximum Gasteiger partial charge on any atom is 3.00 e. The summed E-state index contributed by atoms with van der Waals surface area (Å²) < 4.78 is 7.25. The molecule has 0 aliphatic rings. The van der Waals surface area contributed by atoms with E-state index in [-0.39, 0.29) is 19.5 Å². The van der Waals surface area contributed by atoms with Crippen LogP contribution < -0.4 is 0 Å². The van der Waals surface area contributed by atoms with E-state index in [1.807, 2.05) is 0 Å². The van der Waals surface area contributed by atoms with Crippen molar-refractivity contribution in [2.24, 2.45) is 0 Å². The summed E-state index contributed by atoms with van der Waals surface area (Å²) >= 11 is 0. The molecule has 0 aromatic rings. The molecular weight excluding hydrogens is 193 g/mol. The van der Waals surface area contributed by atoms with E-state index in [4.69, 9.17) is 25.6 Å². The summed E-state index contributed by atoms with van der Waals surface area (Å²) in [6.07, 6.45) is 0. The third-order valence-corrected chi connectivity index (χ3v) is 0. The minimum Gasteiger partial charge on any atom is -0.356 e. The second kappa shape index (κ2) is 17.8. The quantitative estimate of drug-likeness (QED) is 0.226. The molecule has 0 aromatic carbocycles.